The molecule has 220 valence electrons. The van der Waals surface area contributed by atoms with Crippen LogP contribution < -0.4 is 15.4 Å². The Bertz CT molecular complexity index is 1550. The van der Waals surface area contributed by atoms with Crippen molar-refractivity contribution in [2.45, 2.75) is 63.8 Å². The van der Waals surface area contributed by atoms with Gasteiger partial charge in [-0.1, -0.05) is 5.16 Å². The van der Waals surface area contributed by atoms with E-state index >= 15 is 0 Å². The van der Waals surface area contributed by atoms with Crippen molar-refractivity contribution < 1.29 is 9.26 Å². The van der Waals surface area contributed by atoms with E-state index in [1.54, 1.807) is 12.4 Å². The Morgan fingerprint density at radius 3 is 3.02 bits per heavy atom. The van der Waals surface area contributed by atoms with Gasteiger partial charge in [0.2, 0.25) is 17.7 Å². The highest BCUT2D eigenvalue weighted by Gasteiger charge is 2.43. The van der Waals surface area contributed by atoms with E-state index in [1.165, 1.54) is 11.3 Å². The van der Waals surface area contributed by atoms with Gasteiger partial charge in [0.05, 0.1) is 17.6 Å². The first-order valence-electron chi connectivity index (χ1n) is 14.4. The van der Waals surface area contributed by atoms with Crippen molar-refractivity contribution in [2.24, 2.45) is 0 Å². The SMILES string of the molecule is C[C@H]1CN(CCCCOc2cn[nH]n2)CCCN1c1nccc(-c2noc([C@@]3(C)CCCc4sc(N)c(C#N)c43)n2)n1. The quantitative estimate of drug-likeness (QED) is 0.272. The van der Waals surface area contributed by atoms with Gasteiger partial charge in [-0.15, -0.1) is 16.4 Å². The molecule has 0 saturated carbocycles. The summed E-state index contributed by atoms with van der Waals surface area (Å²) < 4.78 is 11.4. The smallest absolute Gasteiger partial charge is 0.253 e. The number of H-pyrrole nitrogens is 1. The van der Waals surface area contributed by atoms with Crippen molar-refractivity contribution in [1.29, 1.82) is 5.26 Å². The van der Waals surface area contributed by atoms with Crippen LogP contribution in [0.5, 0.6) is 5.88 Å². The van der Waals surface area contributed by atoms with E-state index in [-0.39, 0.29) is 6.04 Å². The van der Waals surface area contributed by atoms with Gasteiger partial charge in [-0.05, 0) is 71.5 Å². The molecule has 3 N–H and O–H groups in total. The molecule has 0 aromatic carbocycles. The fraction of sp³-hybridized carbons (Fsp3) is 0.536. The highest BCUT2D eigenvalue weighted by Crippen LogP contribution is 2.48. The molecule has 6 rings (SSSR count). The number of nitrogens with one attached hydrogen (secondary N) is 1. The second-order valence-corrected chi connectivity index (χ2v) is 12.3. The number of nitrogens with zero attached hydrogens (tertiary/aromatic N) is 9. The predicted octanol–water partition coefficient (Wildman–Crippen LogP) is 3.56. The second-order valence-electron chi connectivity index (χ2n) is 11.2. The molecule has 5 heterocycles. The number of anilines is 2. The van der Waals surface area contributed by atoms with E-state index in [1.807, 2.05) is 6.07 Å². The maximum absolute atomic E-state index is 9.81. The molecule has 0 spiro atoms. The molecule has 2 atom stereocenters. The van der Waals surface area contributed by atoms with Gasteiger partial charge in [0.15, 0.2) is 0 Å². The average molecular weight is 590 g/mol. The Morgan fingerprint density at radius 1 is 1.29 bits per heavy atom. The number of fused-ring (bicyclic) bond motifs is 1. The maximum Gasteiger partial charge on any atom is 0.253 e. The van der Waals surface area contributed by atoms with Crippen molar-refractivity contribution in [3.63, 3.8) is 0 Å². The van der Waals surface area contributed by atoms with Gasteiger partial charge in [0, 0.05) is 35.8 Å². The molecule has 0 bridgehead atoms. The molecule has 13 nitrogen and oxygen atoms in total. The fourth-order valence-corrected chi connectivity index (χ4v) is 7.29. The van der Waals surface area contributed by atoms with Crippen LogP contribution in [0.2, 0.25) is 0 Å². The zero-order valence-corrected chi connectivity index (χ0v) is 24.7. The molecule has 1 fully saturated rings. The third-order valence-corrected chi connectivity index (χ3v) is 9.30. The Hall–Kier alpha value is -4.09. The number of aromatic amines is 1. The molecular formula is C28H35N11O2S. The molecular weight excluding hydrogens is 554 g/mol. The van der Waals surface area contributed by atoms with E-state index < -0.39 is 5.41 Å². The summed E-state index contributed by atoms with van der Waals surface area (Å²) in [7, 11) is 0. The summed E-state index contributed by atoms with van der Waals surface area (Å²) >= 11 is 1.49. The fourth-order valence-electron chi connectivity index (χ4n) is 6.10. The van der Waals surface area contributed by atoms with Crippen molar-refractivity contribution in [1.82, 2.24) is 40.4 Å². The maximum atomic E-state index is 9.81. The average Bonchev–Trinajstić information content (AvgIpc) is 3.73. The van der Waals surface area contributed by atoms with E-state index in [2.05, 4.69) is 55.3 Å². The van der Waals surface area contributed by atoms with Gasteiger partial charge in [0.25, 0.3) is 5.88 Å². The number of unbranched alkanes of at least 4 members (excludes halogenated alkanes) is 1. The van der Waals surface area contributed by atoms with Gasteiger partial charge in [-0.3, -0.25) is 0 Å². The lowest BCUT2D eigenvalue weighted by molar-refractivity contribution is 0.248. The number of thiophene rings is 1. The lowest BCUT2D eigenvalue weighted by Crippen LogP contribution is -2.40. The number of aromatic nitrogens is 7. The highest BCUT2D eigenvalue weighted by molar-refractivity contribution is 7.16. The number of rotatable bonds is 9. The van der Waals surface area contributed by atoms with Crippen molar-refractivity contribution in [3.8, 4) is 23.5 Å². The van der Waals surface area contributed by atoms with Gasteiger partial charge >= 0.3 is 0 Å². The number of ether oxygens (including phenoxy) is 1. The molecule has 1 saturated heterocycles. The van der Waals surface area contributed by atoms with E-state index in [9.17, 15) is 5.26 Å². The van der Waals surface area contributed by atoms with Crippen LogP contribution in [0.1, 0.15) is 67.8 Å². The third kappa shape index (κ3) is 5.54. The van der Waals surface area contributed by atoms with Gasteiger partial charge < -0.3 is 24.8 Å². The predicted molar refractivity (Wildman–Crippen MR) is 157 cm³/mol. The van der Waals surface area contributed by atoms with Gasteiger partial charge in [-0.25, -0.2) is 9.97 Å². The van der Waals surface area contributed by atoms with Crippen LogP contribution in [0.25, 0.3) is 11.5 Å². The Balaban J connectivity index is 1.12. The van der Waals surface area contributed by atoms with Crippen LogP contribution in [0, 0.1) is 11.3 Å². The lowest BCUT2D eigenvalue weighted by atomic mass is 9.72. The molecule has 2 aliphatic rings. The summed E-state index contributed by atoms with van der Waals surface area (Å²) in [6.45, 7) is 8.74. The number of hydrogen-bond donors (Lipinski definition) is 2. The monoisotopic (exact) mass is 589 g/mol. The molecule has 0 radical (unpaired) electrons. The minimum Gasteiger partial charge on any atom is -0.475 e. The first-order valence-corrected chi connectivity index (χ1v) is 15.2. The summed E-state index contributed by atoms with van der Waals surface area (Å²) in [6.07, 6.45) is 9.03. The van der Waals surface area contributed by atoms with Crippen molar-refractivity contribution in [2.75, 3.05) is 43.4 Å². The normalized spacial score (nSPS) is 21.1. The van der Waals surface area contributed by atoms with Gasteiger partial charge in [0.1, 0.15) is 23.0 Å². The third-order valence-electron chi connectivity index (χ3n) is 8.22. The standard InChI is InChI=1S/C28H35N11O2S/c1-18-17-38(11-3-4-14-40-22-16-32-37-35-22)12-6-13-39(18)27-31-10-8-20(33-27)25-34-26(41-36-25)28(2)9-5-7-21-23(28)19(15-29)24(30)42-21/h8,10,16,18H,3-7,9,11-14,17,30H2,1-2H3,(H,32,35,37)/t18-,28-/m0/s1. The number of nitrogen functional groups attached to an aromatic ring is 1. The molecule has 1 aliphatic heterocycles. The number of hydrogen-bond acceptors (Lipinski definition) is 13. The molecule has 4 aromatic rings. The molecule has 42 heavy (non-hydrogen) atoms. The Morgan fingerprint density at radius 2 is 2.19 bits per heavy atom. The van der Waals surface area contributed by atoms with Crippen LogP contribution in [-0.4, -0.2) is 79.2 Å². The molecule has 0 unspecified atom stereocenters. The largest absolute Gasteiger partial charge is 0.475 e. The highest BCUT2D eigenvalue weighted by atomic mass is 32.1. The van der Waals surface area contributed by atoms with E-state index in [4.69, 9.17) is 25.0 Å². The van der Waals surface area contributed by atoms with Crippen molar-refractivity contribution in [3.05, 3.63) is 40.4 Å². The van der Waals surface area contributed by atoms with Crippen LogP contribution in [0.3, 0.4) is 0 Å². The van der Waals surface area contributed by atoms with Gasteiger partial charge in [-0.2, -0.15) is 20.6 Å². The summed E-state index contributed by atoms with van der Waals surface area (Å²) in [4.78, 5) is 20.2. The van der Waals surface area contributed by atoms with Crippen LogP contribution in [-0.2, 0) is 11.8 Å². The van der Waals surface area contributed by atoms with E-state index in [0.717, 1.165) is 75.1 Å². The molecule has 4 aromatic heterocycles. The summed E-state index contributed by atoms with van der Waals surface area (Å²) in [5.41, 5.74) is 7.70. The van der Waals surface area contributed by atoms with E-state index in [0.29, 0.717) is 46.4 Å². The van der Waals surface area contributed by atoms with Crippen molar-refractivity contribution >= 4 is 22.3 Å². The second kappa shape index (κ2) is 12.0. The van der Waals surface area contributed by atoms with Crippen LogP contribution in [0.15, 0.2) is 23.0 Å². The number of nitriles is 1. The molecule has 1 aliphatic carbocycles. The minimum absolute atomic E-state index is 0.239. The lowest BCUT2D eigenvalue weighted by Gasteiger charge is -2.30. The zero-order valence-electron chi connectivity index (χ0n) is 23.9. The zero-order chi connectivity index (χ0) is 29.1. The Kier molecular flexibility index (Phi) is 8.03. The number of aryl methyl sites for hydroxylation is 1. The van der Waals surface area contributed by atoms with Crippen LogP contribution in [0.4, 0.5) is 10.9 Å². The first-order chi connectivity index (χ1) is 20.5. The first kappa shape index (κ1) is 28.0. The summed E-state index contributed by atoms with van der Waals surface area (Å²) in [5.74, 6) is 2.10. The number of nitrogens with two attached hydrogens (primary N) is 1. The van der Waals surface area contributed by atoms with Crippen LogP contribution >= 0.6 is 11.3 Å². The summed E-state index contributed by atoms with van der Waals surface area (Å²) in [6, 6.07) is 4.35. The summed E-state index contributed by atoms with van der Waals surface area (Å²) in [5, 5.41) is 24.9. The molecule has 14 heteroatoms. The Labute approximate surface area is 248 Å². The minimum atomic E-state index is -0.571. The molecule has 0 amide bonds. The topological polar surface area (TPSA) is 172 Å².